The van der Waals surface area contributed by atoms with E-state index in [4.69, 9.17) is 15.3 Å². The molecule has 0 aromatic carbocycles. The molecule has 301 valence electrons. The molecule has 7 heteroatoms. The van der Waals surface area contributed by atoms with Crippen LogP contribution in [0.25, 0.3) is 0 Å². The summed E-state index contributed by atoms with van der Waals surface area (Å²) in [5.74, 6) is -1.97. The van der Waals surface area contributed by atoms with Crippen LogP contribution < -0.4 is 0 Å². The van der Waals surface area contributed by atoms with Crippen molar-refractivity contribution in [3.63, 3.8) is 0 Å². The molecule has 49 heavy (non-hydrogen) atoms. The minimum absolute atomic E-state index is 0. The van der Waals surface area contributed by atoms with Crippen LogP contribution in [-0.2, 0) is 14.4 Å². The molecule has 0 saturated heterocycles. The third kappa shape index (κ3) is 66.5. The molecule has 0 bridgehead atoms. The molecular formula is C42H84O6Tm. The van der Waals surface area contributed by atoms with Crippen molar-refractivity contribution in [1.82, 2.24) is 0 Å². The molecular weight excluding hydrogens is 769 g/mol. The van der Waals surface area contributed by atoms with E-state index in [9.17, 15) is 14.4 Å². The molecule has 6 nitrogen and oxygen atoms in total. The summed E-state index contributed by atoms with van der Waals surface area (Å²) in [5.41, 5.74) is 0. The Morgan fingerprint density at radius 1 is 0.265 bits per heavy atom. The van der Waals surface area contributed by atoms with Crippen LogP contribution in [-0.4, -0.2) is 33.2 Å². The number of rotatable bonds is 36. The summed E-state index contributed by atoms with van der Waals surface area (Å²) in [6.07, 6.45) is 43.1. The zero-order valence-electron chi connectivity index (χ0n) is 32.8. The molecule has 0 aromatic rings. The number of carboxylic acid groups (broad SMARTS) is 3. The van der Waals surface area contributed by atoms with Crippen LogP contribution in [0, 0.1) is 36.9 Å². The van der Waals surface area contributed by atoms with Crippen molar-refractivity contribution >= 4 is 17.9 Å². The molecule has 0 amide bonds. The first kappa shape index (κ1) is 55.4. The SMILES string of the molecule is CCCCCCCCCCCCCC(=O)O.CCCCCCCCCCCCCC(=O)O.CCCCCCCCCCCCCC(=O)O.[Tm]. The largest absolute Gasteiger partial charge is 0.481 e. The molecule has 0 rings (SSSR count). The first-order valence-electron chi connectivity index (χ1n) is 21.0. The van der Waals surface area contributed by atoms with E-state index >= 15 is 0 Å². The van der Waals surface area contributed by atoms with Crippen molar-refractivity contribution in [2.45, 2.75) is 252 Å². The first-order chi connectivity index (χ1) is 23.3. The second kappa shape index (κ2) is 52.0. The number of hydrogen-bond donors (Lipinski definition) is 3. The van der Waals surface area contributed by atoms with Gasteiger partial charge in [0.15, 0.2) is 0 Å². The Labute approximate surface area is 334 Å². The van der Waals surface area contributed by atoms with E-state index in [1.165, 1.54) is 173 Å². The Bertz CT molecular complexity index is 557. The van der Waals surface area contributed by atoms with Crippen LogP contribution in [0.2, 0.25) is 0 Å². The third-order valence-corrected chi connectivity index (χ3v) is 8.98. The summed E-state index contributed by atoms with van der Waals surface area (Å²) in [7, 11) is 0. The van der Waals surface area contributed by atoms with Crippen LogP contribution in [0.3, 0.4) is 0 Å². The van der Waals surface area contributed by atoms with Crippen molar-refractivity contribution < 1.29 is 66.6 Å². The Hall–Kier alpha value is -0.356. The molecule has 0 aliphatic carbocycles. The van der Waals surface area contributed by atoms with Crippen LogP contribution in [0.1, 0.15) is 252 Å². The average molecular weight is 854 g/mol. The topological polar surface area (TPSA) is 112 Å². The van der Waals surface area contributed by atoms with E-state index in [-0.39, 0.29) is 36.9 Å². The molecule has 0 fully saturated rings. The molecule has 0 aliphatic heterocycles. The fourth-order valence-corrected chi connectivity index (χ4v) is 5.82. The van der Waals surface area contributed by atoms with Crippen LogP contribution in [0.4, 0.5) is 0 Å². The number of aliphatic carboxylic acids is 3. The van der Waals surface area contributed by atoms with Gasteiger partial charge in [0, 0.05) is 56.1 Å². The van der Waals surface area contributed by atoms with Crippen molar-refractivity contribution in [2.75, 3.05) is 0 Å². The Kier molecular flexibility index (Phi) is 58.8. The standard InChI is InChI=1S/3C14H28O2.Tm/c3*1-2-3-4-5-6-7-8-9-10-11-12-13-14(15)16;/h3*2-13H2,1H3,(H,15,16);. The molecule has 1 radical (unpaired) electrons. The molecule has 3 N–H and O–H groups in total. The Morgan fingerprint density at radius 2 is 0.388 bits per heavy atom. The Balaban J connectivity index is -0.000000307. The Morgan fingerprint density at radius 3 is 0.510 bits per heavy atom. The first-order valence-corrected chi connectivity index (χ1v) is 21.0. The predicted molar refractivity (Wildman–Crippen MR) is 206 cm³/mol. The zero-order valence-corrected chi connectivity index (χ0v) is 34.6. The number of carboxylic acids is 3. The fraction of sp³-hybridized carbons (Fsp3) is 0.929. The second-order valence-corrected chi connectivity index (χ2v) is 14.0. The van der Waals surface area contributed by atoms with Gasteiger partial charge in [-0.3, -0.25) is 14.4 Å². The number of unbranched alkanes of at least 4 members (excludes halogenated alkanes) is 30. The van der Waals surface area contributed by atoms with E-state index in [1.807, 2.05) is 0 Å². The normalized spacial score (nSPS) is 10.3. The van der Waals surface area contributed by atoms with E-state index in [0.29, 0.717) is 19.3 Å². The van der Waals surface area contributed by atoms with Crippen molar-refractivity contribution in [1.29, 1.82) is 0 Å². The summed E-state index contributed by atoms with van der Waals surface area (Å²) < 4.78 is 0. The number of hydrogen-bond acceptors (Lipinski definition) is 3. The summed E-state index contributed by atoms with van der Waals surface area (Å²) >= 11 is 0. The minimum Gasteiger partial charge on any atom is -0.481 e. The van der Waals surface area contributed by atoms with Crippen molar-refractivity contribution in [3.05, 3.63) is 0 Å². The molecule has 0 aliphatic rings. The molecule has 0 atom stereocenters. The summed E-state index contributed by atoms with van der Waals surface area (Å²) in [6, 6.07) is 0. The van der Waals surface area contributed by atoms with Gasteiger partial charge in [-0.1, -0.05) is 213 Å². The smallest absolute Gasteiger partial charge is 0.303 e. The van der Waals surface area contributed by atoms with Crippen molar-refractivity contribution in [2.24, 2.45) is 0 Å². The molecule has 0 aromatic heterocycles. The van der Waals surface area contributed by atoms with E-state index < -0.39 is 17.9 Å². The molecule has 0 saturated carbocycles. The fourth-order valence-electron chi connectivity index (χ4n) is 5.82. The average Bonchev–Trinajstić information content (AvgIpc) is 3.05. The van der Waals surface area contributed by atoms with Crippen molar-refractivity contribution in [3.8, 4) is 0 Å². The maximum absolute atomic E-state index is 10.3. The zero-order chi connectivity index (χ0) is 36.2. The third-order valence-electron chi connectivity index (χ3n) is 8.98. The number of carbonyl (C=O) groups is 3. The summed E-state index contributed by atoms with van der Waals surface area (Å²) in [5, 5.41) is 25.4. The summed E-state index contributed by atoms with van der Waals surface area (Å²) in [6.45, 7) is 6.74. The minimum atomic E-state index is -0.657. The van der Waals surface area contributed by atoms with Gasteiger partial charge in [0.1, 0.15) is 0 Å². The van der Waals surface area contributed by atoms with Crippen LogP contribution in [0.5, 0.6) is 0 Å². The van der Waals surface area contributed by atoms with E-state index in [2.05, 4.69) is 20.8 Å². The van der Waals surface area contributed by atoms with Gasteiger partial charge >= 0.3 is 17.9 Å². The molecule has 0 heterocycles. The van der Waals surface area contributed by atoms with Gasteiger partial charge in [-0.05, 0) is 19.3 Å². The second-order valence-electron chi connectivity index (χ2n) is 14.0. The molecule has 0 spiro atoms. The monoisotopic (exact) mass is 854 g/mol. The van der Waals surface area contributed by atoms with Gasteiger partial charge in [0.25, 0.3) is 0 Å². The molecule has 0 unspecified atom stereocenters. The quantitative estimate of drug-likeness (QED) is 0.0541. The maximum Gasteiger partial charge on any atom is 0.303 e. The van der Waals surface area contributed by atoms with Gasteiger partial charge in [-0.2, -0.15) is 0 Å². The van der Waals surface area contributed by atoms with Crippen LogP contribution in [0.15, 0.2) is 0 Å². The van der Waals surface area contributed by atoms with Gasteiger partial charge in [0.05, 0.1) is 0 Å². The summed E-state index contributed by atoms with van der Waals surface area (Å²) in [4.78, 5) is 30.8. The van der Waals surface area contributed by atoms with E-state index in [0.717, 1.165) is 38.5 Å². The van der Waals surface area contributed by atoms with E-state index in [1.54, 1.807) is 0 Å². The predicted octanol–water partition coefficient (Wildman–Crippen LogP) is 14.3. The van der Waals surface area contributed by atoms with Gasteiger partial charge in [-0.15, -0.1) is 0 Å². The van der Waals surface area contributed by atoms with Crippen LogP contribution >= 0.6 is 0 Å². The van der Waals surface area contributed by atoms with Gasteiger partial charge in [-0.25, -0.2) is 0 Å². The van der Waals surface area contributed by atoms with Gasteiger partial charge in [0.2, 0.25) is 0 Å². The van der Waals surface area contributed by atoms with Gasteiger partial charge < -0.3 is 15.3 Å². The maximum atomic E-state index is 10.3.